The van der Waals surface area contributed by atoms with Gasteiger partial charge >= 0.3 is 5.97 Å². The number of unbranched alkanes of at least 4 members (excludes halogenated alkanes) is 25. The first-order chi connectivity index (χ1) is 29.1. The van der Waals surface area contributed by atoms with Gasteiger partial charge in [0, 0.05) is 26.1 Å². The number of carbonyl (C=O) groups is 1. The van der Waals surface area contributed by atoms with Crippen molar-refractivity contribution >= 4 is 5.97 Å². The largest absolute Gasteiger partial charge is 0.462 e. The van der Waals surface area contributed by atoms with Crippen molar-refractivity contribution in [1.82, 2.24) is 9.80 Å². The van der Waals surface area contributed by atoms with Crippen molar-refractivity contribution in [2.75, 3.05) is 52.7 Å². The maximum absolute atomic E-state index is 13.0. The first kappa shape index (κ1) is 56.3. The standard InChI is InChI=1S/C53H106N2O4/c1-5-9-13-17-21-28-38-51(39-29-22-18-14-10-6-2)58-50-57-49-37-26-25-33-43-54(47-48-55-45-35-36-46-55)44-34-27-32-42-53(56)59-52(40-30-23-19-15-11-7-3)41-31-24-20-16-12-8-4/h51-52H,5-50H2,1-4H3. The normalized spacial score (nSPS) is 13.5. The smallest absolute Gasteiger partial charge is 0.306 e. The first-order valence-corrected chi connectivity index (χ1v) is 27.0. The average Bonchev–Trinajstić information content (AvgIpc) is 3.77. The summed E-state index contributed by atoms with van der Waals surface area (Å²) < 4.78 is 18.5. The Hall–Kier alpha value is -0.690. The van der Waals surface area contributed by atoms with Gasteiger partial charge in [0.1, 0.15) is 12.9 Å². The molecular weight excluding hydrogens is 729 g/mol. The van der Waals surface area contributed by atoms with Gasteiger partial charge in [-0.15, -0.1) is 0 Å². The highest BCUT2D eigenvalue weighted by atomic mass is 16.7. The van der Waals surface area contributed by atoms with Crippen molar-refractivity contribution in [1.29, 1.82) is 0 Å². The molecule has 0 spiro atoms. The van der Waals surface area contributed by atoms with E-state index in [2.05, 4.69) is 37.5 Å². The molecule has 0 aromatic carbocycles. The van der Waals surface area contributed by atoms with Gasteiger partial charge in [0.25, 0.3) is 0 Å². The molecule has 1 saturated heterocycles. The van der Waals surface area contributed by atoms with Gasteiger partial charge < -0.3 is 24.0 Å². The second-order valence-electron chi connectivity index (χ2n) is 18.8. The lowest BCUT2D eigenvalue weighted by molar-refractivity contribution is -0.150. The van der Waals surface area contributed by atoms with E-state index in [0.29, 0.717) is 19.3 Å². The molecule has 0 unspecified atom stereocenters. The van der Waals surface area contributed by atoms with Crippen LogP contribution in [-0.2, 0) is 19.0 Å². The quantitative estimate of drug-likeness (QED) is 0.0346. The Balaban J connectivity index is 2.33. The number of ether oxygens (including phenoxy) is 3. The number of likely N-dealkylation sites (tertiary alicyclic amines) is 1. The number of hydrogen-bond donors (Lipinski definition) is 0. The number of nitrogens with zero attached hydrogens (tertiary/aromatic N) is 2. The van der Waals surface area contributed by atoms with E-state index in [-0.39, 0.29) is 12.1 Å². The molecule has 1 fully saturated rings. The van der Waals surface area contributed by atoms with E-state index in [1.165, 1.54) is 238 Å². The van der Waals surface area contributed by atoms with Crippen molar-refractivity contribution in [3.63, 3.8) is 0 Å². The third-order valence-electron chi connectivity index (χ3n) is 13.0. The molecule has 0 N–H and O–H groups in total. The minimum absolute atomic E-state index is 0.0505. The van der Waals surface area contributed by atoms with E-state index < -0.39 is 0 Å². The summed E-state index contributed by atoms with van der Waals surface area (Å²) in [6, 6.07) is 0. The van der Waals surface area contributed by atoms with Crippen LogP contribution in [0.25, 0.3) is 0 Å². The highest BCUT2D eigenvalue weighted by molar-refractivity contribution is 5.69. The molecule has 0 atom stereocenters. The first-order valence-electron chi connectivity index (χ1n) is 27.0. The number of carbonyl (C=O) groups excluding carboxylic acids is 1. The molecule has 0 radical (unpaired) electrons. The van der Waals surface area contributed by atoms with Crippen molar-refractivity contribution in [3.8, 4) is 0 Å². The molecule has 0 aromatic heterocycles. The Morgan fingerprint density at radius 2 is 0.881 bits per heavy atom. The molecular formula is C53H106N2O4. The SMILES string of the molecule is CCCCCCCCC(CCCCCCCC)OCOCCCCCCN(CCCCCC(=O)OC(CCCCCCCC)CCCCCCCC)CCN1CCCC1. The Labute approximate surface area is 370 Å². The minimum Gasteiger partial charge on any atom is -0.462 e. The summed E-state index contributed by atoms with van der Waals surface area (Å²) >= 11 is 0. The second kappa shape index (κ2) is 45.3. The summed E-state index contributed by atoms with van der Waals surface area (Å²) in [5.41, 5.74) is 0. The van der Waals surface area contributed by atoms with E-state index in [9.17, 15) is 4.79 Å². The van der Waals surface area contributed by atoms with Gasteiger partial charge in [-0.1, -0.05) is 188 Å². The molecule has 1 rings (SSSR count). The number of esters is 1. The molecule has 6 nitrogen and oxygen atoms in total. The maximum atomic E-state index is 13.0. The van der Waals surface area contributed by atoms with Crippen LogP contribution in [0.15, 0.2) is 0 Å². The zero-order valence-electron chi connectivity index (χ0n) is 40.7. The van der Waals surface area contributed by atoms with Crippen LogP contribution in [-0.4, -0.2) is 80.6 Å². The molecule has 0 bridgehead atoms. The van der Waals surface area contributed by atoms with E-state index in [1.54, 1.807) is 0 Å². The molecule has 59 heavy (non-hydrogen) atoms. The summed E-state index contributed by atoms with van der Waals surface area (Å²) in [5.74, 6) is 0.0505. The molecule has 1 aliphatic heterocycles. The van der Waals surface area contributed by atoms with Crippen LogP contribution in [0.2, 0.25) is 0 Å². The van der Waals surface area contributed by atoms with Gasteiger partial charge in [-0.05, 0) is 103 Å². The lowest BCUT2D eigenvalue weighted by atomic mass is 10.0. The van der Waals surface area contributed by atoms with Gasteiger partial charge in [0.15, 0.2) is 0 Å². The zero-order chi connectivity index (χ0) is 42.5. The van der Waals surface area contributed by atoms with Gasteiger partial charge in [-0.2, -0.15) is 0 Å². The summed E-state index contributed by atoms with van der Waals surface area (Å²) in [7, 11) is 0. The van der Waals surface area contributed by atoms with E-state index in [1.807, 2.05) is 0 Å². The fourth-order valence-electron chi connectivity index (χ4n) is 8.93. The Morgan fingerprint density at radius 1 is 0.475 bits per heavy atom. The van der Waals surface area contributed by atoms with E-state index in [0.717, 1.165) is 45.3 Å². The Morgan fingerprint density at radius 3 is 1.37 bits per heavy atom. The molecule has 0 aromatic rings. The molecule has 0 saturated carbocycles. The van der Waals surface area contributed by atoms with Gasteiger partial charge in [0.05, 0.1) is 6.10 Å². The fourth-order valence-corrected chi connectivity index (χ4v) is 8.93. The molecule has 6 heteroatoms. The van der Waals surface area contributed by atoms with Gasteiger partial charge in [0.2, 0.25) is 0 Å². The lowest BCUT2D eigenvalue weighted by Crippen LogP contribution is -2.35. The topological polar surface area (TPSA) is 51.2 Å². The Kier molecular flexibility index (Phi) is 43.3. The van der Waals surface area contributed by atoms with Crippen molar-refractivity contribution in [3.05, 3.63) is 0 Å². The van der Waals surface area contributed by atoms with Crippen LogP contribution >= 0.6 is 0 Å². The third-order valence-corrected chi connectivity index (χ3v) is 13.0. The van der Waals surface area contributed by atoms with Gasteiger partial charge in [-0.3, -0.25) is 4.79 Å². The van der Waals surface area contributed by atoms with Crippen LogP contribution in [0.4, 0.5) is 0 Å². The van der Waals surface area contributed by atoms with E-state index in [4.69, 9.17) is 14.2 Å². The highest BCUT2D eigenvalue weighted by Gasteiger charge is 2.16. The molecule has 0 aliphatic carbocycles. The van der Waals surface area contributed by atoms with Crippen molar-refractivity contribution in [2.24, 2.45) is 0 Å². The number of hydrogen-bond acceptors (Lipinski definition) is 6. The van der Waals surface area contributed by atoms with Crippen molar-refractivity contribution in [2.45, 2.75) is 284 Å². The predicted octanol–water partition coefficient (Wildman–Crippen LogP) is 15.8. The van der Waals surface area contributed by atoms with Crippen LogP contribution in [0, 0.1) is 0 Å². The van der Waals surface area contributed by atoms with E-state index >= 15 is 0 Å². The number of rotatable bonds is 48. The second-order valence-corrected chi connectivity index (χ2v) is 18.8. The minimum atomic E-state index is 0.0505. The fraction of sp³-hybridized carbons (Fsp3) is 0.981. The molecule has 1 aliphatic rings. The molecule has 352 valence electrons. The average molecular weight is 835 g/mol. The molecule has 0 amide bonds. The van der Waals surface area contributed by atoms with Crippen LogP contribution in [0.3, 0.4) is 0 Å². The monoisotopic (exact) mass is 835 g/mol. The predicted molar refractivity (Wildman–Crippen MR) is 257 cm³/mol. The summed E-state index contributed by atoms with van der Waals surface area (Å²) in [6.45, 7) is 17.7. The summed E-state index contributed by atoms with van der Waals surface area (Å²) in [4.78, 5) is 18.3. The highest BCUT2D eigenvalue weighted by Crippen LogP contribution is 2.20. The third kappa shape index (κ3) is 38.7. The molecule has 1 heterocycles. The maximum Gasteiger partial charge on any atom is 0.306 e. The summed E-state index contributed by atoms with van der Waals surface area (Å²) in [6.07, 6.45) is 48.3. The van der Waals surface area contributed by atoms with Crippen LogP contribution in [0.5, 0.6) is 0 Å². The Bertz CT molecular complexity index is 804. The van der Waals surface area contributed by atoms with Crippen molar-refractivity contribution < 1.29 is 19.0 Å². The van der Waals surface area contributed by atoms with Crippen LogP contribution < -0.4 is 0 Å². The summed E-state index contributed by atoms with van der Waals surface area (Å²) in [5, 5.41) is 0. The lowest BCUT2D eigenvalue weighted by Gasteiger charge is -2.25. The van der Waals surface area contributed by atoms with Crippen LogP contribution in [0.1, 0.15) is 272 Å². The zero-order valence-corrected chi connectivity index (χ0v) is 40.7. The van der Waals surface area contributed by atoms with Gasteiger partial charge in [-0.25, -0.2) is 0 Å².